The number of carbonyl (C=O) groups is 1. The second kappa shape index (κ2) is 10.5. The van der Waals surface area contributed by atoms with Crippen LogP contribution in [0.15, 0.2) is 30.3 Å². The van der Waals surface area contributed by atoms with Gasteiger partial charge in [-0.3, -0.25) is 4.79 Å². The van der Waals surface area contributed by atoms with Gasteiger partial charge < -0.3 is 15.7 Å². The highest BCUT2D eigenvalue weighted by molar-refractivity contribution is 6.39. The van der Waals surface area contributed by atoms with Crippen molar-refractivity contribution in [3.8, 4) is 0 Å². The summed E-state index contributed by atoms with van der Waals surface area (Å²) in [6.07, 6.45) is -4.49. The molecule has 1 unspecified atom stereocenters. The Morgan fingerprint density at radius 2 is 1.74 bits per heavy atom. The minimum absolute atomic E-state index is 0.0289. The molecule has 2 aromatic carbocycles. The van der Waals surface area contributed by atoms with Gasteiger partial charge in [0.2, 0.25) is 5.91 Å². The largest absolute Gasteiger partial charge is 0.416 e. The maximum Gasteiger partial charge on any atom is 0.416 e. The molecule has 1 atom stereocenters. The Balaban J connectivity index is 2.21. The lowest BCUT2D eigenvalue weighted by Gasteiger charge is -2.21. The number of alkyl halides is 3. The Bertz CT molecular complexity index is 913. The average Bonchev–Trinajstić information content (AvgIpc) is 2.65. The molecule has 0 saturated heterocycles. The van der Waals surface area contributed by atoms with Crippen molar-refractivity contribution in [1.82, 2.24) is 5.32 Å². The lowest BCUT2D eigenvalue weighted by Crippen LogP contribution is -2.40. The van der Waals surface area contributed by atoms with Crippen molar-refractivity contribution in [3.05, 3.63) is 57.3 Å². The van der Waals surface area contributed by atoms with E-state index in [9.17, 15) is 22.4 Å². The third-order valence-corrected chi connectivity index (χ3v) is 5.22. The Labute approximate surface area is 187 Å². The van der Waals surface area contributed by atoms with E-state index in [-0.39, 0.29) is 46.3 Å². The summed E-state index contributed by atoms with van der Waals surface area (Å²) < 4.78 is 52.9. The van der Waals surface area contributed by atoms with E-state index in [0.29, 0.717) is 12.1 Å². The van der Waals surface area contributed by atoms with E-state index in [2.05, 4.69) is 10.6 Å². The molecule has 2 rings (SSSR count). The highest BCUT2D eigenvalue weighted by atomic mass is 35.5. The highest BCUT2D eigenvalue weighted by Crippen LogP contribution is 2.39. The predicted octanol–water partition coefficient (Wildman–Crippen LogP) is 5.96. The van der Waals surface area contributed by atoms with Crippen LogP contribution in [0.2, 0.25) is 10.0 Å². The van der Waals surface area contributed by atoms with Gasteiger partial charge in [-0.05, 0) is 48.2 Å². The summed E-state index contributed by atoms with van der Waals surface area (Å²) >= 11 is 11.9. The number of hydrogen-bond acceptors (Lipinski definition) is 3. The fraction of sp³-hybridized carbons (Fsp3) is 0.381. The van der Waals surface area contributed by atoms with Crippen molar-refractivity contribution in [1.29, 1.82) is 0 Å². The lowest BCUT2D eigenvalue weighted by atomic mass is 10.0. The van der Waals surface area contributed by atoms with Gasteiger partial charge in [0.1, 0.15) is 5.82 Å². The molecule has 0 aliphatic carbocycles. The molecule has 0 fully saturated rings. The van der Waals surface area contributed by atoms with Crippen molar-refractivity contribution in [2.24, 2.45) is 5.92 Å². The number of halogens is 6. The fourth-order valence-corrected chi connectivity index (χ4v) is 3.51. The van der Waals surface area contributed by atoms with Gasteiger partial charge in [0, 0.05) is 18.3 Å². The second-order valence-corrected chi connectivity index (χ2v) is 8.17. The van der Waals surface area contributed by atoms with Gasteiger partial charge in [-0.2, -0.15) is 13.2 Å². The number of rotatable bonds is 8. The van der Waals surface area contributed by atoms with Gasteiger partial charge in [0.05, 0.1) is 27.7 Å². The number of hydrogen-bond donors (Lipinski definition) is 3. The minimum atomic E-state index is -4.61. The molecule has 0 bridgehead atoms. The first-order valence-electron chi connectivity index (χ1n) is 9.44. The van der Waals surface area contributed by atoms with Crippen LogP contribution in [0.25, 0.3) is 0 Å². The van der Waals surface area contributed by atoms with E-state index in [1.54, 1.807) is 0 Å². The summed E-state index contributed by atoms with van der Waals surface area (Å²) in [5.41, 5.74) is -0.593. The van der Waals surface area contributed by atoms with Crippen molar-refractivity contribution in [2.75, 3.05) is 11.9 Å². The molecule has 10 heteroatoms. The summed E-state index contributed by atoms with van der Waals surface area (Å²) in [5, 5.41) is 14.1. The highest BCUT2D eigenvalue weighted by Gasteiger charge is 2.32. The van der Waals surface area contributed by atoms with Crippen LogP contribution in [0, 0.1) is 11.7 Å². The van der Waals surface area contributed by atoms with Crippen LogP contribution in [-0.2, 0) is 17.4 Å². The molecule has 4 nitrogen and oxygen atoms in total. The first-order valence-corrected chi connectivity index (χ1v) is 10.2. The van der Waals surface area contributed by atoms with Crippen LogP contribution in [0.4, 0.5) is 28.9 Å². The molecule has 0 radical (unpaired) electrons. The standard InChI is InChI=1S/C21H22Cl2F4N2O2/c1-11(2)18(5-6-30)29-19(31)8-12-7-14(3-4-17(12)24)28-20-15(22)9-13(10-16(20)23)21(25,26)27/h3-4,7,9-11,18,28,30H,5-6,8H2,1-2H3,(H,29,31). The normalized spacial score (nSPS) is 12.7. The molecule has 31 heavy (non-hydrogen) atoms. The zero-order valence-electron chi connectivity index (χ0n) is 16.8. The molecular weight excluding hydrogens is 459 g/mol. The summed E-state index contributed by atoms with van der Waals surface area (Å²) in [6, 6.07) is 5.05. The van der Waals surface area contributed by atoms with Crippen molar-refractivity contribution in [3.63, 3.8) is 0 Å². The van der Waals surface area contributed by atoms with Crippen LogP contribution in [0.5, 0.6) is 0 Å². The zero-order valence-corrected chi connectivity index (χ0v) is 18.3. The SMILES string of the molecule is CC(C)C(CCO)NC(=O)Cc1cc(Nc2c(Cl)cc(C(F)(F)F)cc2Cl)ccc1F. The van der Waals surface area contributed by atoms with Crippen LogP contribution in [0.1, 0.15) is 31.4 Å². The molecule has 0 heterocycles. The van der Waals surface area contributed by atoms with Crippen LogP contribution >= 0.6 is 23.2 Å². The van der Waals surface area contributed by atoms with Crippen molar-refractivity contribution < 1.29 is 27.5 Å². The van der Waals surface area contributed by atoms with E-state index in [4.69, 9.17) is 28.3 Å². The molecule has 0 saturated carbocycles. The van der Waals surface area contributed by atoms with Gasteiger partial charge in [0.15, 0.2) is 0 Å². The molecule has 0 aliphatic rings. The Morgan fingerprint density at radius 1 is 1.13 bits per heavy atom. The fourth-order valence-electron chi connectivity index (χ4n) is 2.93. The Morgan fingerprint density at radius 3 is 2.26 bits per heavy atom. The molecular formula is C21H22Cl2F4N2O2. The maximum atomic E-state index is 14.2. The smallest absolute Gasteiger partial charge is 0.396 e. The quantitative estimate of drug-likeness (QED) is 0.408. The van der Waals surface area contributed by atoms with E-state index >= 15 is 0 Å². The number of amides is 1. The third-order valence-electron chi connectivity index (χ3n) is 4.63. The van der Waals surface area contributed by atoms with Crippen LogP contribution in [-0.4, -0.2) is 23.7 Å². The summed E-state index contributed by atoms with van der Waals surface area (Å²) in [6.45, 7) is 3.69. The second-order valence-electron chi connectivity index (χ2n) is 7.35. The number of nitrogens with one attached hydrogen (secondary N) is 2. The minimum Gasteiger partial charge on any atom is -0.396 e. The molecule has 2 aromatic rings. The topological polar surface area (TPSA) is 61.4 Å². The van der Waals surface area contributed by atoms with Gasteiger partial charge >= 0.3 is 6.18 Å². The molecule has 0 aromatic heterocycles. The summed E-state index contributed by atoms with van der Waals surface area (Å²) in [7, 11) is 0. The van der Waals surface area contributed by atoms with E-state index in [1.807, 2.05) is 13.8 Å². The van der Waals surface area contributed by atoms with Gasteiger partial charge in [-0.15, -0.1) is 0 Å². The summed E-state index contributed by atoms with van der Waals surface area (Å²) in [4.78, 5) is 12.3. The third kappa shape index (κ3) is 6.98. The predicted molar refractivity (Wildman–Crippen MR) is 113 cm³/mol. The van der Waals surface area contributed by atoms with E-state index in [0.717, 1.165) is 18.2 Å². The molecule has 170 valence electrons. The number of anilines is 2. The molecule has 3 N–H and O–H groups in total. The average molecular weight is 481 g/mol. The molecule has 0 aliphatic heterocycles. The Hall–Kier alpha value is -2.03. The van der Waals surface area contributed by atoms with Crippen LogP contribution < -0.4 is 10.6 Å². The van der Waals surface area contributed by atoms with Crippen molar-refractivity contribution >= 4 is 40.5 Å². The van der Waals surface area contributed by atoms with Gasteiger partial charge in [-0.25, -0.2) is 4.39 Å². The van der Waals surface area contributed by atoms with Gasteiger partial charge in [-0.1, -0.05) is 37.0 Å². The van der Waals surface area contributed by atoms with E-state index in [1.165, 1.54) is 12.1 Å². The first kappa shape index (κ1) is 25.2. The zero-order chi connectivity index (χ0) is 23.3. The van der Waals surface area contributed by atoms with Crippen LogP contribution in [0.3, 0.4) is 0 Å². The van der Waals surface area contributed by atoms with Gasteiger partial charge in [0.25, 0.3) is 0 Å². The van der Waals surface area contributed by atoms with Crippen molar-refractivity contribution in [2.45, 2.75) is 38.9 Å². The van der Waals surface area contributed by atoms with E-state index < -0.39 is 23.5 Å². The number of carbonyl (C=O) groups excluding carboxylic acids is 1. The number of benzene rings is 2. The molecule has 0 spiro atoms. The first-order chi connectivity index (χ1) is 14.4. The number of aliphatic hydroxyl groups is 1. The monoisotopic (exact) mass is 480 g/mol. The lowest BCUT2D eigenvalue weighted by molar-refractivity contribution is -0.137. The Kier molecular flexibility index (Phi) is 8.57. The summed E-state index contributed by atoms with van der Waals surface area (Å²) in [5.74, 6) is -0.958. The number of aliphatic hydroxyl groups excluding tert-OH is 1. The molecule has 1 amide bonds. The maximum absolute atomic E-state index is 14.2.